The van der Waals surface area contributed by atoms with E-state index in [4.69, 9.17) is 14.6 Å². The molecule has 0 heterocycles. The van der Waals surface area contributed by atoms with Gasteiger partial charge in [0.1, 0.15) is 6.61 Å². The second-order valence-electron chi connectivity index (χ2n) is 2.91. The van der Waals surface area contributed by atoms with Crippen molar-refractivity contribution in [3.8, 4) is 0 Å². The third-order valence-corrected chi connectivity index (χ3v) is 1.47. The molecule has 0 aliphatic carbocycles. The zero-order valence-corrected chi connectivity index (χ0v) is 8.99. The predicted octanol–water partition coefficient (Wildman–Crippen LogP) is 0.987. The van der Waals surface area contributed by atoms with E-state index in [2.05, 4.69) is 0 Å². The van der Waals surface area contributed by atoms with Gasteiger partial charge in [-0.1, -0.05) is 6.92 Å². The van der Waals surface area contributed by atoms with Gasteiger partial charge in [0.05, 0.1) is 6.61 Å². The fourth-order valence-electron chi connectivity index (χ4n) is 0.798. The highest BCUT2D eigenvalue weighted by molar-refractivity contribution is 5.95. The van der Waals surface area contributed by atoms with Crippen LogP contribution >= 0.6 is 0 Å². The number of esters is 1. The SMILES string of the molecule is CCCOCCOC(=O)/C(C)=C\C(=O)O. The molecule has 0 aliphatic rings. The van der Waals surface area contributed by atoms with Crippen LogP contribution < -0.4 is 0 Å². The van der Waals surface area contributed by atoms with Gasteiger partial charge in [0.25, 0.3) is 0 Å². The average molecular weight is 216 g/mol. The Morgan fingerprint density at radius 1 is 1.27 bits per heavy atom. The zero-order valence-electron chi connectivity index (χ0n) is 8.99. The van der Waals surface area contributed by atoms with E-state index in [9.17, 15) is 9.59 Å². The van der Waals surface area contributed by atoms with Crippen molar-refractivity contribution in [2.75, 3.05) is 19.8 Å². The van der Waals surface area contributed by atoms with E-state index in [1.54, 1.807) is 0 Å². The summed E-state index contributed by atoms with van der Waals surface area (Å²) in [6, 6.07) is 0. The van der Waals surface area contributed by atoms with Crippen molar-refractivity contribution in [3.63, 3.8) is 0 Å². The summed E-state index contributed by atoms with van der Waals surface area (Å²) in [5.74, 6) is -1.79. The molecule has 0 atom stereocenters. The largest absolute Gasteiger partial charge is 0.478 e. The molecule has 5 nitrogen and oxygen atoms in total. The molecular weight excluding hydrogens is 200 g/mol. The first-order chi connectivity index (χ1) is 7.07. The number of carbonyl (C=O) groups is 2. The lowest BCUT2D eigenvalue weighted by atomic mass is 10.3. The van der Waals surface area contributed by atoms with Crippen LogP contribution in [0.1, 0.15) is 20.3 Å². The Labute approximate surface area is 88.7 Å². The smallest absolute Gasteiger partial charge is 0.334 e. The molecule has 5 heteroatoms. The van der Waals surface area contributed by atoms with E-state index in [0.717, 1.165) is 12.5 Å². The van der Waals surface area contributed by atoms with Crippen molar-refractivity contribution in [3.05, 3.63) is 11.6 Å². The van der Waals surface area contributed by atoms with Crippen molar-refractivity contribution in [1.29, 1.82) is 0 Å². The Bertz CT molecular complexity index is 244. The number of rotatable bonds is 7. The summed E-state index contributed by atoms with van der Waals surface area (Å²) in [6.45, 7) is 4.47. The van der Waals surface area contributed by atoms with Gasteiger partial charge in [-0.3, -0.25) is 0 Å². The third kappa shape index (κ3) is 7.69. The maximum Gasteiger partial charge on any atom is 0.334 e. The second-order valence-corrected chi connectivity index (χ2v) is 2.91. The first-order valence-electron chi connectivity index (χ1n) is 4.74. The van der Waals surface area contributed by atoms with Gasteiger partial charge in [-0.05, 0) is 13.3 Å². The minimum Gasteiger partial charge on any atom is -0.478 e. The van der Waals surface area contributed by atoms with Gasteiger partial charge in [-0.25, -0.2) is 9.59 Å². The van der Waals surface area contributed by atoms with Gasteiger partial charge in [0, 0.05) is 18.3 Å². The molecule has 1 N–H and O–H groups in total. The fraction of sp³-hybridized carbons (Fsp3) is 0.600. The fourth-order valence-corrected chi connectivity index (χ4v) is 0.798. The van der Waals surface area contributed by atoms with Crippen LogP contribution in [0.4, 0.5) is 0 Å². The van der Waals surface area contributed by atoms with Crippen LogP contribution in [-0.2, 0) is 19.1 Å². The molecule has 0 saturated heterocycles. The molecule has 15 heavy (non-hydrogen) atoms. The quantitative estimate of drug-likeness (QED) is 0.390. The van der Waals surface area contributed by atoms with Crippen LogP contribution in [-0.4, -0.2) is 36.9 Å². The molecule has 0 saturated carbocycles. The number of carboxylic acid groups (broad SMARTS) is 1. The van der Waals surface area contributed by atoms with Gasteiger partial charge in [-0.2, -0.15) is 0 Å². The van der Waals surface area contributed by atoms with Crippen LogP contribution in [0.15, 0.2) is 11.6 Å². The summed E-state index contributed by atoms with van der Waals surface area (Å²) in [7, 11) is 0. The van der Waals surface area contributed by atoms with E-state index >= 15 is 0 Å². The third-order valence-electron chi connectivity index (χ3n) is 1.47. The number of aliphatic carboxylic acids is 1. The van der Waals surface area contributed by atoms with E-state index in [1.165, 1.54) is 6.92 Å². The molecule has 0 radical (unpaired) electrons. The Hall–Kier alpha value is -1.36. The van der Waals surface area contributed by atoms with Crippen LogP contribution in [0, 0.1) is 0 Å². The summed E-state index contributed by atoms with van der Waals surface area (Å²) in [5, 5.41) is 8.37. The highest BCUT2D eigenvalue weighted by Gasteiger charge is 2.06. The number of carbonyl (C=O) groups excluding carboxylic acids is 1. The maximum atomic E-state index is 11.1. The van der Waals surface area contributed by atoms with Crippen molar-refractivity contribution in [1.82, 2.24) is 0 Å². The minimum atomic E-state index is -1.16. The number of hydrogen-bond donors (Lipinski definition) is 1. The van der Waals surface area contributed by atoms with E-state index in [0.29, 0.717) is 13.2 Å². The monoisotopic (exact) mass is 216 g/mol. The van der Waals surface area contributed by atoms with Gasteiger partial charge < -0.3 is 14.6 Å². The molecule has 0 aliphatic heterocycles. The zero-order chi connectivity index (χ0) is 11.7. The lowest BCUT2D eigenvalue weighted by Crippen LogP contribution is -2.12. The van der Waals surface area contributed by atoms with E-state index in [-0.39, 0.29) is 12.2 Å². The maximum absolute atomic E-state index is 11.1. The first-order valence-corrected chi connectivity index (χ1v) is 4.74. The Balaban J connectivity index is 3.70. The molecule has 0 rings (SSSR count). The molecule has 0 fully saturated rings. The van der Waals surface area contributed by atoms with Crippen molar-refractivity contribution < 1.29 is 24.2 Å². The Morgan fingerprint density at radius 3 is 2.47 bits per heavy atom. The average Bonchev–Trinajstić information content (AvgIpc) is 2.16. The van der Waals surface area contributed by atoms with Crippen LogP contribution in [0.25, 0.3) is 0 Å². The molecule has 0 aromatic heterocycles. The summed E-state index contributed by atoms with van der Waals surface area (Å²) in [5.41, 5.74) is 0.0676. The normalized spacial score (nSPS) is 11.2. The second kappa shape index (κ2) is 7.99. The molecule has 0 unspecified atom stereocenters. The Kier molecular flexibility index (Phi) is 7.27. The molecule has 0 amide bonds. The summed E-state index contributed by atoms with van der Waals surface area (Å²) in [6.07, 6.45) is 1.72. The standard InChI is InChI=1S/C10H16O5/c1-3-4-14-5-6-15-10(13)8(2)7-9(11)12/h7H,3-6H2,1-2H3,(H,11,12)/b8-7-. The van der Waals surface area contributed by atoms with Crippen LogP contribution in [0.5, 0.6) is 0 Å². The number of carboxylic acids is 1. The molecule has 0 aromatic rings. The highest BCUT2D eigenvalue weighted by Crippen LogP contribution is 1.96. The molecular formula is C10H16O5. The Morgan fingerprint density at radius 2 is 1.93 bits per heavy atom. The van der Waals surface area contributed by atoms with E-state index < -0.39 is 11.9 Å². The van der Waals surface area contributed by atoms with Gasteiger partial charge in [-0.15, -0.1) is 0 Å². The van der Waals surface area contributed by atoms with E-state index in [1.807, 2.05) is 6.92 Å². The van der Waals surface area contributed by atoms with Crippen LogP contribution in [0.2, 0.25) is 0 Å². The molecule has 86 valence electrons. The first kappa shape index (κ1) is 13.6. The summed E-state index contributed by atoms with van der Waals surface area (Å²) >= 11 is 0. The van der Waals surface area contributed by atoms with Gasteiger partial charge >= 0.3 is 11.9 Å². The minimum absolute atomic E-state index is 0.0676. The highest BCUT2D eigenvalue weighted by atomic mass is 16.6. The van der Waals surface area contributed by atoms with Crippen LogP contribution in [0.3, 0.4) is 0 Å². The lowest BCUT2D eigenvalue weighted by Gasteiger charge is -2.04. The topological polar surface area (TPSA) is 72.8 Å². The van der Waals surface area contributed by atoms with Crippen molar-refractivity contribution in [2.24, 2.45) is 0 Å². The van der Waals surface area contributed by atoms with Gasteiger partial charge in [0.15, 0.2) is 0 Å². The molecule has 0 aromatic carbocycles. The number of ether oxygens (including phenoxy) is 2. The summed E-state index contributed by atoms with van der Waals surface area (Å²) < 4.78 is 9.84. The molecule has 0 bridgehead atoms. The predicted molar refractivity (Wildman–Crippen MR) is 53.5 cm³/mol. The van der Waals surface area contributed by atoms with Crippen molar-refractivity contribution >= 4 is 11.9 Å². The van der Waals surface area contributed by atoms with Crippen molar-refractivity contribution in [2.45, 2.75) is 20.3 Å². The number of hydrogen-bond acceptors (Lipinski definition) is 4. The lowest BCUT2D eigenvalue weighted by molar-refractivity contribution is -0.141. The van der Waals surface area contributed by atoms with Gasteiger partial charge in [0.2, 0.25) is 0 Å². The molecule has 0 spiro atoms. The summed E-state index contributed by atoms with van der Waals surface area (Å²) in [4.78, 5) is 21.3.